The molecule has 0 spiro atoms. The highest BCUT2D eigenvalue weighted by Gasteiger charge is 2.04. The van der Waals surface area contributed by atoms with E-state index in [-0.39, 0.29) is 0 Å². The van der Waals surface area contributed by atoms with E-state index in [4.69, 9.17) is 0 Å². The topological polar surface area (TPSA) is 3.24 Å². The molecular weight excluding hydrogens is 338 g/mol. The molecule has 0 aliphatic rings. The van der Waals surface area contributed by atoms with Crippen LogP contribution in [-0.2, 0) is 0 Å². The van der Waals surface area contributed by atoms with Crippen LogP contribution in [0, 0.1) is 0 Å². The first kappa shape index (κ1) is 27.4. The molecule has 0 radical (unpaired) electrons. The van der Waals surface area contributed by atoms with Crippen LogP contribution in [0.15, 0.2) is 24.3 Å². The van der Waals surface area contributed by atoms with Crippen molar-refractivity contribution in [2.45, 2.75) is 130 Å². The average molecular weight is 392 g/mol. The van der Waals surface area contributed by atoms with Crippen LogP contribution < -0.4 is 0 Å². The predicted molar refractivity (Wildman–Crippen MR) is 130 cm³/mol. The molecule has 0 aliphatic heterocycles. The fourth-order valence-corrected chi connectivity index (χ4v) is 3.75. The standard InChI is InChI=1S/C27H53N/c1-4-7-10-13-16-19-22-25-28(26-23-20-17-14-11-8-5-2)27-24-21-18-15-12-9-6-3/h7-8,10-11H,4-6,9,12-27H2,1-3H3/b10-7+,11-8+. The number of unbranched alkanes of at least 4 members (excludes halogenated alkanes) is 12. The van der Waals surface area contributed by atoms with Gasteiger partial charge >= 0.3 is 0 Å². The van der Waals surface area contributed by atoms with Gasteiger partial charge in [0.05, 0.1) is 0 Å². The van der Waals surface area contributed by atoms with Gasteiger partial charge in [0.15, 0.2) is 0 Å². The molecule has 0 heterocycles. The molecule has 1 heteroatoms. The summed E-state index contributed by atoms with van der Waals surface area (Å²) < 4.78 is 0. The molecule has 0 saturated heterocycles. The number of nitrogens with zero attached hydrogens (tertiary/aromatic N) is 1. The van der Waals surface area contributed by atoms with Gasteiger partial charge in [0.25, 0.3) is 0 Å². The molecule has 0 N–H and O–H groups in total. The molecule has 0 aromatic heterocycles. The summed E-state index contributed by atoms with van der Waals surface area (Å²) in [5.41, 5.74) is 0. The van der Waals surface area contributed by atoms with E-state index < -0.39 is 0 Å². The Morgan fingerprint density at radius 3 is 1.25 bits per heavy atom. The van der Waals surface area contributed by atoms with Gasteiger partial charge in [0.2, 0.25) is 0 Å². The number of hydrogen-bond acceptors (Lipinski definition) is 1. The van der Waals surface area contributed by atoms with Crippen molar-refractivity contribution in [3.63, 3.8) is 0 Å². The van der Waals surface area contributed by atoms with Crippen molar-refractivity contribution >= 4 is 0 Å². The molecule has 0 aliphatic carbocycles. The maximum Gasteiger partial charge on any atom is -0.00187 e. The van der Waals surface area contributed by atoms with Crippen molar-refractivity contribution in [1.82, 2.24) is 4.90 Å². The summed E-state index contributed by atoms with van der Waals surface area (Å²) in [6, 6.07) is 0. The molecule has 0 saturated carbocycles. The van der Waals surface area contributed by atoms with Gasteiger partial charge in [-0.2, -0.15) is 0 Å². The van der Waals surface area contributed by atoms with E-state index in [0.717, 1.165) is 0 Å². The first-order valence-electron chi connectivity index (χ1n) is 12.9. The third-order valence-corrected chi connectivity index (χ3v) is 5.57. The minimum Gasteiger partial charge on any atom is -0.303 e. The predicted octanol–water partition coefficient (Wildman–Crippen LogP) is 9.09. The molecule has 0 fully saturated rings. The monoisotopic (exact) mass is 391 g/mol. The summed E-state index contributed by atoms with van der Waals surface area (Å²) in [7, 11) is 0. The smallest absolute Gasteiger partial charge is 0.00187 e. The van der Waals surface area contributed by atoms with Crippen LogP contribution in [0.3, 0.4) is 0 Å². The van der Waals surface area contributed by atoms with Crippen LogP contribution in [0.5, 0.6) is 0 Å². The van der Waals surface area contributed by atoms with Crippen molar-refractivity contribution < 1.29 is 0 Å². The van der Waals surface area contributed by atoms with Gasteiger partial charge in [0, 0.05) is 0 Å². The summed E-state index contributed by atoms with van der Waals surface area (Å²) in [4.78, 5) is 2.77. The molecule has 28 heavy (non-hydrogen) atoms. The van der Waals surface area contributed by atoms with E-state index >= 15 is 0 Å². The van der Waals surface area contributed by atoms with E-state index in [1.165, 1.54) is 129 Å². The lowest BCUT2D eigenvalue weighted by molar-refractivity contribution is 0.255. The Morgan fingerprint density at radius 1 is 0.429 bits per heavy atom. The summed E-state index contributed by atoms with van der Waals surface area (Å²) >= 11 is 0. The third kappa shape index (κ3) is 21.7. The highest BCUT2D eigenvalue weighted by Crippen LogP contribution is 2.10. The lowest BCUT2D eigenvalue weighted by Gasteiger charge is -2.22. The van der Waals surface area contributed by atoms with Crippen LogP contribution in [0.25, 0.3) is 0 Å². The van der Waals surface area contributed by atoms with Crippen LogP contribution in [0.2, 0.25) is 0 Å². The molecule has 0 unspecified atom stereocenters. The zero-order valence-corrected chi connectivity index (χ0v) is 19.9. The Kier molecular flexibility index (Phi) is 24.0. The minimum atomic E-state index is 1.18. The Morgan fingerprint density at radius 2 is 0.821 bits per heavy atom. The first-order valence-corrected chi connectivity index (χ1v) is 12.9. The van der Waals surface area contributed by atoms with E-state index in [2.05, 4.69) is 50.0 Å². The van der Waals surface area contributed by atoms with Crippen LogP contribution in [0.1, 0.15) is 130 Å². The van der Waals surface area contributed by atoms with Gasteiger partial charge in [-0.1, -0.05) is 96.4 Å². The average Bonchev–Trinajstić information content (AvgIpc) is 2.71. The molecule has 0 amide bonds. The molecule has 0 aromatic carbocycles. The minimum absolute atomic E-state index is 1.18. The van der Waals surface area contributed by atoms with Gasteiger partial charge in [-0.25, -0.2) is 0 Å². The zero-order valence-electron chi connectivity index (χ0n) is 19.9. The first-order chi connectivity index (χ1) is 13.8. The summed E-state index contributed by atoms with van der Waals surface area (Å²) in [5.74, 6) is 0. The van der Waals surface area contributed by atoms with Crippen LogP contribution in [0.4, 0.5) is 0 Å². The molecule has 0 aromatic rings. The van der Waals surface area contributed by atoms with Gasteiger partial charge in [-0.3, -0.25) is 0 Å². The fraction of sp³-hybridized carbons (Fsp3) is 0.852. The SMILES string of the molecule is CC/C=C/CCCCCN(CCCCC/C=C/CC)CCCCCCCCC. The lowest BCUT2D eigenvalue weighted by Crippen LogP contribution is -2.27. The highest BCUT2D eigenvalue weighted by atomic mass is 15.1. The zero-order chi connectivity index (χ0) is 20.5. The van der Waals surface area contributed by atoms with Crippen LogP contribution in [-0.4, -0.2) is 24.5 Å². The van der Waals surface area contributed by atoms with Crippen molar-refractivity contribution in [2.75, 3.05) is 19.6 Å². The van der Waals surface area contributed by atoms with Crippen molar-refractivity contribution in [3.8, 4) is 0 Å². The Labute approximate surface area is 179 Å². The van der Waals surface area contributed by atoms with E-state index in [9.17, 15) is 0 Å². The Balaban J connectivity index is 3.88. The Hall–Kier alpha value is -0.560. The van der Waals surface area contributed by atoms with Crippen molar-refractivity contribution in [2.24, 2.45) is 0 Å². The van der Waals surface area contributed by atoms with Gasteiger partial charge in [-0.15, -0.1) is 0 Å². The second-order valence-electron chi connectivity index (χ2n) is 8.42. The maximum absolute atomic E-state index is 2.77. The maximum atomic E-state index is 2.77. The number of allylic oxidation sites excluding steroid dienone is 4. The molecule has 166 valence electrons. The summed E-state index contributed by atoms with van der Waals surface area (Å²) in [6.45, 7) is 10.7. The lowest BCUT2D eigenvalue weighted by atomic mass is 10.1. The quantitative estimate of drug-likeness (QED) is 0.131. The number of hydrogen-bond donors (Lipinski definition) is 0. The third-order valence-electron chi connectivity index (χ3n) is 5.57. The summed E-state index contributed by atoms with van der Waals surface area (Å²) in [6.07, 6.45) is 32.5. The fourth-order valence-electron chi connectivity index (χ4n) is 3.75. The molecule has 0 bridgehead atoms. The van der Waals surface area contributed by atoms with Crippen molar-refractivity contribution in [3.05, 3.63) is 24.3 Å². The Bertz CT molecular complexity index is 307. The van der Waals surface area contributed by atoms with E-state index in [1.54, 1.807) is 0 Å². The van der Waals surface area contributed by atoms with E-state index in [0.29, 0.717) is 0 Å². The highest BCUT2D eigenvalue weighted by molar-refractivity contribution is 4.80. The summed E-state index contributed by atoms with van der Waals surface area (Å²) in [5, 5.41) is 0. The second kappa shape index (κ2) is 24.5. The van der Waals surface area contributed by atoms with Crippen LogP contribution >= 0.6 is 0 Å². The van der Waals surface area contributed by atoms with Gasteiger partial charge in [-0.05, 0) is 77.4 Å². The molecule has 0 atom stereocenters. The number of rotatable bonds is 22. The molecule has 1 nitrogen and oxygen atoms in total. The van der Waals surface area contributed by atoms with Gasteiger partial charge < -0.3 is 4.90 Å². The molecular formula is C27H53N. The van der Waals surface area contributed by atoms with E-state index in [1.807, 2.05) is 0 Å². The molecule has 0 rings (SSSR count). The van der Waals surface area contributed by atoms with Crippen molar-refractivity contribution in [1.29, 1.82) is 0 Å². The second-order valence-corrected chi connectivity index (χ2v) is 8.42. The largest absolute Gasteiger partial charge is 0.303 e. The normalized spacial score (nSPS) is 12.1. The van der Waals surface area contributed by atoms with Gasteiger partial charge in [0.1, 0.15) is 0 Å².